The van der Waals surface area contributed by atoms with Crippen molar-refractivity contribution in [1.29, 1.82) is 0 Å². The standard InChI is InChI=1S/C23H36N6O/c1-17-15-21(27(5)26-17)30-14-6-9-28-10-12-29(13-11-28)20-16-19(18-7-8-18)24-22(25-20)23(2,3)4/h15-16,18H,6-14H2,1-5H3. The van der Waals surface area contributed by atoms with E-state index in [9.17, 15) is 0 Å². The summed E-state index contributed by atoms with van der Waals surface area (Å²) >= 11 is 0. The van der Waals surface area contributed by atoms with E-state index >= 15 is 0 Å². The Labute approximate surface area is 180 Å². The lowest BCUT2D eigenvalue weighted by molar-refractivity contribution is 0.218. The Hall–Kier alpha value is -2.15. The third-order valence-electron chi connectivity index (χ3n) is 5.92. The molecule has 0 bridgehead atoms. The minimum Gasteiger partial charge on any atom is -0.478 e. The van der Waals surface area contributed by atoms with Crippen LogP contribution in [0.2, 0.25) is 0 Å². The van der Waals surface area contributed by atoms with E-state index in [0.717, 1.165) is 69.0 Å². The van der Waals surface area contributed by atoms with E-state index in [1.807, 2.05) is 20.0 Å². The molecule has 0 unspecified atom stereocenters. The van der Waals surface area contributed by atoms with Crippen molar-refractivity contribution in [2.24, 2.45) is 7.05 Å². The molecule has 4 rings (SSSR count). The zero-order valence-corrected chi connectivity index (χ0v) is 19.2. The molecule has 0 atom stereocenters. The van der Waals surface area contributed by atoms with Gasteiger partial charge in [0.25, 0.3) is 0 Å². The molecule has 1 aliphatic carbocycles. The molecule has 30 heavy (non-hydrogen) atoms. The van der Waals surface area contributed by atoms with Crippen LogP contribution in [-0.4, -0.2) is 64.0 Å². The maximum Gasteiger partial charge on any atom is 0.211 e. The number of hydrogen-bond donors (Lipinski definition) is 0. The minimum atomic E-state index is -0.0200. The molecular weight excluding hydrogens is 376 g/mol. The van der Waals surface area contributed by atoms with Crippen molar-refractivity contribution in [3.63, 3.8) is 0 Å². The van der Waals surface area contributed by atoms with Crippen LogP contribution in [0.1, 0.15) is 63.2 Å². The van der Waals surface area contributed by atoms with E-state index in [1.54, 1.807) is 4.68 Å². The first-order valence-electron chi connectivity index (χ1n) is 11.3. The van der Waals surface area contributed by atoms with Crippen molar-refractivity contribution < 1.29 is 4.74 Å². The smallest absolute Gasteiger partial charge is 0.211 e. The van der Waals surface area contributed by atoms with Gasteiger partial charge in [0.1, 0.15) is 11.6 Å². The van der Waals surface area contributed by atoms with Gasteiger partial charge in [0, 0.05) is 68.9 Å². The van der Waals surface area contributed by atoms with Crippen LogP contribution in [0.3, 0.4) is 0 Å². The van der Waals surface area contributed by atoms with Gasteiger partial charge in [-0.1, -0.05) is 20.8 Å². The van der Waals surface area contributed by atoms with Crippen LogP contribution in [0, 0.1) is 6.92 Å². The molecule has 1 aliphatic heterocycles. The summed E-state index contributed by atoms with van der Waals surface area (Å²) in [6.45, 7) is 14.6. The van der Waals surface area contributed by atoms with Gasteiger partial charge < -0.3 is 9.64 Å². The quantitative estimate of drug-likeness (QED) is 0.651. The molecule has 3 heterocycles. The second kappa shape index (κ2) is 8.53. The number of piperazine rings is 1. The second-order valence-electron chi connectivity index (χ2n) is 9.78. The molecule has 2 aliphatic rings. The normalized spacial score (nSPS) is 18.1. The van der Waals surface area contributed by atoms with Gasteiger partial charge in [0.05, 0.1) is 12.3 Å². The SMILES string of the molecule is Cc1cc(OCCCN2CCN(c3cc(C4CC4)nc(C(C)(C)C)n3)CC2)n(C)n1. The van der Waals surface area contributed by atoms with Crippen molar-refractivity contribution in [1.82, 2.24) is 24.6 Å². The summed E-state index contributed by atoms with van der Waals surface area (Å²) < 4.78 is 7.68. The highest BCUT2D eigenvalue weighted by Gasteiger charge is 2.29. The highest BCUT2D eigenvalue weighted by atomic mass is 16.5. The summed E-state index contributed by atoms with van der Waals surface area (Å²) in [4.78, 5) is 14.8. The van der Waals surface area contributed by atoms with Gasteiger partial charge in [-0.15, -0.1) is 0 Å². The highest BCUT2D eigenvalue weighted by Crippen LogP contribution is 2.40. The van der Waals surface area contributed by atoms with E-state index in [-0.39, 0.29) is 5.41 Å². The topological polar surface area (TPSA) is 59.3 Å². The summed E-state index contributed by atoms with van der Waals surface area (Å²) in [7, 11) is 1.93. The molecule has 1 saturated heterocycles. The first kappa shape index (κ1) is 21.1. The lowest BCUT2D eigenvalue weighted by atomic mass is 9.95. The molecule has 2 aromatic rings. The number of rotatable bonds is 7. The third kappa shape index (κ3) is 5.12. The summed E-state index contributed by atoms with van der Waals surface area (Å²) in [5.74, 6) is 3.60. The molecule has 2 fully saturated rings. The van der Waals surface area contributed by atoms with Crippen LogP contribution in [0.25, 0.3) is 0 Å². The number of nitrogens with zero attached hydrogens (tertiary/aromatic N) is 6. The lowest BCUT2D eigenvalue weighted by Crippen LogP contribution is -2.47. The number of anilines is 1. The van der Waals surface area contributed by atoms with Gasteiger partial charge in [-0.3, -0.25) is 4.90 Å². The molecular formula is C23H36N6O. The molecule has 0 amide bonds. The molecule has 0 spiro atoms. The summed E-state index contributed by atoms with van der Waals surface area (Å²) in [5, 5.41) is 4.32. The molecule has 0 N–H and O–H groups in total. The Morgan fingerprint density at radius 1 is 1.07 bits per heavy atom. The van der Waals surface area contributed by atoms with E-state index in [4.69, 9.17) is 14.7 Å². The van der Waals surface area contributed by atoms with Crippen LogP contribution in [0.15, 0.2) is 12.1 Å². The maximum atomic E-state index is 5.87. The molecule has 0 radical (unpaired) electrons. The molecule has 7 nitrogen and oxygen atoms in total. The van der Waals surface area contributed by atoms with Crippen molar-refractivity contribution in [3.05, 3.63) is 29.3 Å². The first-order valence-corrected chi connectivity index (χ1v) is 11.3. The van der Waals surface area contributed by atoms with Gasteiger partial charge in [0.2, 0.25) is 5.88 Å². The minimum absolute atomic E-state index is 0.0200. The second-order valence-corrected chi connectivity index (χ2v) is 9.78. The number of aromatic nitrogens is 4. The van der Waals surface area contributed by atoms with Gasteiger partial charge in [-0.05, 0) is 26.2 Å². The fraction of sp³-hybridized carbons (Fsp3) is 0.696. The zero-order valence-electron chi connectivity index (χ0n) is 19.2. The van der Waals surface area contributed by atoms with Crippen LogP contribution in [-0.2, 0) is 12.5 Å². The average molecular weight is 413 g/mol. The van der Waals surface area contributed by atoms with E-state index in [2.05, 4.69) is 41.7 Å². The summed E-state index contributed by atoms with van der Waals surface area (Å²) in [5.41, 5.74) is 2.22. The van der Waals surface area contributed by atoms with Crippen molar-refractivity contribution in [3.8, 4) is 5.88 Å². The van der Waals surface area contributed by atoms with Gasteiger partial charge >= 0.3 is 0 Å². The monoisotopic (exact) mass is 412 g/mol. The molecule has 164 valence electrons. The first-order chi connectivity index (χ1) is 14.3. The summed E-state index contributed by atoms with van der Waals surface area (Å²) in [6, 6.07) is 4.23. The van der Waals surface area contributed by atoms with Gasteiger partial charge in [-0.2, -0.15) is 5.10 Å². The van der Waals surface area contributed by atoms with Crippen molar-refractivity contribution in [2.75, 3.05) is 44.2 Å². The Morgan fingerprint density at radius 2 is 1.80 bits per heavy atom. The van der Waals surface area contributed by atoms with Crippen LogP contribution < -0.4 is 9.64 Å². The zero-order chi connectivity index (χ0) is 21.3. The average Bonchev–Trinajstić information content (AvgIpc) is 3.50. The van der Waals surface area contributed by atoms with Crippen molar-refractivity contribution >= 4 is 5.82 Å². The highest BCUT2D eigenvalue weighted by molar-refractivity contribution is 5.42. The number of hydrogen-bond acceptors (Lipinski definition) is 6. The Bertz CT molecular complexity index is 859. The Kier molecular flexibility index (Phi) is 6.00. The molecule has 0 aromatic carbocycles. The fourth-order valence-electron chi connectivity index (χ4n) is 3.93. The van der Waals surface area contributed by atoms with Gasteiger partial charge in [0.15, 0.2) is 0 Å². The third-order valence-corrected chi connectivity index (χ3v) is 5.92. The van der Waals surface area contributed by atoms with Crippen LogP contribution in [0.4, 0.5) is 5.82 Å². The predicted octanol–water partition coefficient (Wildman–Crippen LogP) is 3.28. The van der Waals surface area contributed by atoms with E-state index < -0.39 is 0 Å². The maximum absolute atomic E-state index is 5.87. The van der Waals surface area contributed by atoms with Crippen LogP contribution >= 0.6 is 0 Å². The Balaban J connectivity index is 1.28. The number of ether oxygens (including phenoxy) is 1. The predicted molar refractivity (Wildman–Crippen MR) is 119 cm³/mol. The van der Waals surface area contributed by atoms with Gasteiger partial charge in [-0.25, -0.2) is 14.6 Å². The summed E-state index contributed by atoms with van der Waals surface area (Å²) in [6.07, 6.45) is 3.57. The molecule has 7 heteroatoms. The fourth-order valence-corrected chi connectivity index (χ4v) is 3.93. The largest absolute Gasteiger partial charge is 0.478 e. The number of aryl methyl sites for hydroxylation is 2. The van der Waals surface area contributed by atoms with Crippen molar-refractivity contribution in [2.45, 2.75) is 58.3 Å². The lowest BCUT2D eigenvalue weighted by Gasteiger charge is -2.36. The van der Waals surface area contributed by atoms with E-state index in [1.165, 1.54) is 18.5 Å². The molecule has 1 saturated carbocycles. The molecule has 2 aromatic heterocycles. The Morgan fingerprint density at radius 3 is 2.40 bits per heavy atom. The van der Waals surface area contributed by atoms with Crippen LogP contribution in [0.5, 0.6) is 5.88 Å². The van der Waals surface area contributed by atoms with E-state index in [0.29, 0.717) is 5.92 Å².